The number of rotatable bonds is 24. The molecular weight excluding hydrogens is 1310 g/mol. The predicted molar refractivity (Wildman–Crippen MR) is 383 cm³/mol. The molecular formula is C72H130N10O17S. The van der Waals surface area contributed by atoms with Gasteiger partial charge in [0.2, 0.25) is 53.2 Å². The van der Waals surface area contributed by atoms with Crippen molar-refractivity contribution in [3.63, 3.8) is 0 Å². The molecule has 28 heteroatoms. The molecule has 0 bridgehead atoms. The van der Waals surface area contributed by atoms with Gasteiger partial charge < -0.3 is 59.5 Å². The zero-order valence-corrected chi connectivity index (χ0v) is 66.0. The van der Waals surface area contributed by atoms with Gasteiger partial charge in [-0.1, -0.05) is 96.4 Å². The molecule has 14 atom stereocenters. The average Bonchev–Trinajstić information content (AvgIpc) is 0.804. The van der Waals surface area contributed by atoms with E-state index in [1.165, 1.54) is 87.7 Å². The second-order valence-electron chi connectivity index (χ2n) is 30.4. The highest BCUT2D eigenvalue weighted by molar-refractivity contribution is 7.86. The van der Waals surface area contributed by atoms with Gasteiger partial charge in [0.1, 0.15) is 48.3 Å². The summed E-state index contributed by atoms with van der Waals surface area (Å²) in [6, 6.07) is -11.7. The summed E-state index contributed by atoms with van der Waals surface area (Å²) >= 11 is 0. The van der Waals surface area contributed by atoms with Crippen LogP contribution in [0.2, 0.25) is 0 Å². The van der Waals surface area contributed by atoms with Gasteiger partial charge in [-0.15, -0.1) is 0 Å². The molecule has 0 spiro atoms. The number of ether oxygens (including phenoxy) is 2. The van der Waals surface area contributed by atoms with Gasteiger partial charge in [-0.25, -0.2) is 0 Å². The summed E-state index contributed by atoms with van der Waals surface area (Å²) in [4.78, 5) is 175. The van der Waals surface area contributed by atoms with Gasteiger partial charge in [-0.3, -0.25) is 61.8 Å². The monoisotopic (exact) mass is 1440 g/mol. The van der Waals surface area contributed by atoms with Gasteiger partial charge in [-0.2, -0.15) is 8.42 Å². The second-order valence-corrected chi connectivity index (χ2v) is 32.0. The van der Waals surface area contributed by atoms with Gasteiger partial charge in [0.05, 0.1) is 44.3 Å². The summed E-state index contributed by atoms with van der Waals surface area (Å²) < 4.78 is 40.3. The highest BCUT2D eigenvalue weighted by atomic mass is 32.2. The fraction of sp³-hybridized carbons (Fsp3) is 0.847. The van der Waals surface area contributed by atoms with Crippen LogP contribution in [0, 0.1) is 47.3 Å². The summed E-state index contributed by atoms with van der Waals surface area (Å²) in [5.74, 6) is -11.6. The number of nitrogens with one attached hydrogen (secondary N) is 2. The average molecular weight is 1440 g/mol. The van der Waals surface area contributed by atoms with Crippen molar-refractivity contribution >= 4 is 74.8 Å². The summed E-state index contributed by atoms with van der Waals surface area (Å²) in [6.07, 6.45) is 0.233. The molecule has 2 heterocycles. The summed E-state index contributed by atoms with van der Waals surface area (Å²) in [6.45, 7) is 31.4. The first-order chi connectivity index (χ1) is 46.4. The van der Waals surface area contributed by atoms with Crippen LogP contribution >= 0.6 is 0 Å². The number of carbonyl (C=O) groups is 11. The first kappa shape index (κ1) is 90.4. The number of hydrogen-bond donors (Lipinski definition) is 3. The van der Waals surface area contributed by atoms with Crippen LogP contribution in [0.1, 0.15) is 181 Å². The summed E-state index contributed by atoms with van der Waals surface area (Å²) in [5, 5.41) is 17.9. The number of unbranched alkanes of at least 4 members (excludes halogenated alkanes) is 2. The zero-order chi connectivity index (χ0) is 76.7. The normalized spacial score (nSPS) is 27.0. The summed E-state index contributed by atoms with van der Waals surface area (Å²) in [7, 11) is 6.15. The number of hydrogen-bond acceptors (Lipinski definition) is 18. The van der Waals surface area contributed by atoms with Crippen LogP contribution in [0.5, 0.6) is 0 Å². The Balaban J connectivity index is 3.03. The lowest BCUT2D eigenvalue weighted by Gasteiger charge is -2.41. The van der Waals surface area contributed by atoms with Crippen molar-refractivity contribution in [2.45, 2.75) is 248 Å². The molecule has 3 N–H and O–H groups in total. The molecule has 0 aromatic carbocycles. The fourth-order valence-corrected chi connectivity index (χ4v) is 13.8. The van der Waals surface area contributed by atoms with E-state index in [4.69, 9.17) is 13.7 Å². The SMILES string of the molecule is CC[C@@H]1NC(=O)[C@H]([C@H](O)[C@H](C)CCCCOS(C)(=O)=O)N(C)C(=O)[C@H](C(C)C)N(C)C(=O)[C@H](CC(C)C)N(C)C(=O)[C@H](CC(C)C)N(C)C(=O)[C@@H](C)NC(=O)[C@H](C)CC(=O)[C@H](CC(C)C)N(C)C(=O)[C@H](C(C)C)CC(=O)[C@H]([C@@H](C)OCCCCN2CCOCC2)N(C)C(=O)[C@@H](C)N(C)C1=O. The Labute approximate surface area is 599 Å². The Morgan fingerprint density at radius 2 is 1.01 bits per heavy atom. The van der Waals surface area contributed by atoms with Crippen molar-refractivity contribution in [2.24, 2.45) is 47.3 Å². The Bertz CT molecular complexity index is 2820. The number of ketones is 2. The van der Waals surface area contributed by atoms with Gasteiger partial charge in [0.15, 0.2) is 11.6 Å². The number of Topliss-reactive ketones (excluding diaryl/α,β-unsaturated/α-hetero) is 2. The minimum Gasteiger partial charge on any atom is -0.390 e. The van der Waals surface area contributed by atoms with E-state index in [-0.39, 0.29) is 82.3 Å². The van der Waals surface area contributed by atoms with Crippen molar-refractivity contribution in [1.29, 1.82) is 0 Å². The Morgan fingerprint density at radius 1 is 0.520 bits per heavy atom. The van der Waals surface area contributed by atoms with Crippen LogP contribution in [0.25, 0.3) is 0 Å². The van der Waals surface area contributed by atoms with Crippen molar-refractivity contribution in [2.75, 3.05) is 102 Å². The Kier molecular flexibility index (Phi) is 38.1. The number of aliphatic hydroxyl groups excluding tert-OH is 1. The molecule has 2 aliphatic heterocycles. The molecule has 2 aliphatic rings. The van der Waals surface area contributed by atoms with Gasteiger partial charge in [-0.05, 0) is 114 Å². The molecule has 0 unspecified atom stereocenters. The molecule has 0 saturated carbocycles. The lowest BCUT2D eigenvalue weighted by Crippen LogP contribution is -2.64. The molecule has 0 aromatic heterocycles. The number of carbonyl (C=O) groups excluding carboxylic acids is 11. The molecule has 9 amide bonds. The van der Waals surface area contributed by atoms with E-state index >= 15 is 33.6 Å². The van der Waals surface area contributed by atoms with Gasteiger partial charge >= 0.3 is 0 Å². The maximum absolute atomic E-state index is 15.4. The molecule has 0 radical (unpaired) electrons. The fourth-order valence-electron chi connectivity index (χ4n) is 13.3. The van der Waals surface area contributed by atoms with Gasteiger partial charge in [0, 0.05) is 93.7 Å². The standard InChI is InChI=1S/C72H130N10O17S/c1-25-54-69(91)75(17)51(15)67(89)80(22)61(52(16)98-34-29-27-31-82-32-36-97-37-33-82)59(84)42-53(46(8)9)68(90)76(18)55(38-43(2)3)58(83)41-49(13)64(86)73-50(14)66(88)77(19)56(39-44(4)5)70(92)78(20)57(40-45(6)7)71(93)79(21)60(47(10)11)72(94)81(23)62(65(87)74-54)63(85)48(12)30-26-28-35-99-100(24,95)96/h43-57,60-63,85H,25-42H2,1-24H3,(H,73,86)(H,74,87)/t48-,49-,50-,51-,52-,53+,54+,55+,56+,57+,60+,61+,62+,63-/m1/s1. The predicted octanol–water partition coefficient (Wildman–Crippen LogP) is 4.49. The van der Waals surface area contributed by atoms with Gasteiger partial charge in [0.25, 0.3) is 10.1 Å². The first-order valence-electron chi connectivity index (χ1n) is 36.3. The highest BCUT2D eigenvalue weighted by Crippen LogP contribution is 2.29. The first-order valence-corrected chi connectivity index (χ1v) is 38.1. The van der Waals surface area contributed by atoms with Crippen molar-refractivity contribution in [3.8, 4) is 0 Å². The Hall–Kier alpha value is -5.68. The van der Waals surface area contributed by atoms with E-state index < -0.39 is 171 Å². The summed E-state index contributed by atoms with van der Waals surface area (Å²) in [5.41, 5.74) is 0. The van der Waals surface area contributed by atoms with E-state index in [9.17, 15) is 32.7 Å². The second kappa shape index (κ2) is 42.2. The molecule has 2 fully saturated rings. The molecule has 0 aromatic rings. The topological polar surface area (TPSA) is 320 Å². The smallest absolute Gasteiger partial charge is 0.264 e. The third-order valence-electron chi connectivity index (χ3n) is 19.8. The number of morpholine rings is 1. The quantitative estimate of drug-likeness (QED) is 0.0885. The van der Waals surface area contributed by atoms with E-state index in [0.29, 0.717) is 26.1 Å². The molecule has 2 saturated heterocycles. The Morgan fingerprint density at radius 3 is 1.52 bits per heavy atom. The number of aliphatic hydroxyl groups is 1. The lowest BCUT2D eigenvalue weighted by atomic mass is 9.85. The minimum absolute atomic E-state index is 0.0490. The third kappa shape index (κ3) is 26.9. The molecule has 100 heavy (non-hydrogen) atoms. The van der Waals surface area contributed by atoms with Crippen LogP contribution in [-0.4, -0.2) is 286 Å². The van der Waals surface area contributed by atoms with Crippen LogP contribution in [-0.2, 0) is 76.5 Å². The largest absolute Gasteiger partial charge is 0.390 e. The van der Waals surface area contributed by atoms with Crippen LogP contribution in [0.15, 0.2) is 0 Å². The highest BCUT2D eigenvalue weighted by Gasteiger charge is 2.47. The molecule has 27 nitrogen and oxygen atoms in total. The molecule has 0 aliphatic carbocycles. The maximum atomic E-state index is 15.4. The van der Waals surface area contributed by atoms with E-state index in [0.717, 1.165) is 42.1 Å². The zero-order valence-electron chi connectivity index (χ0n) is 65.2. The molecule has 2 rings (SSSR count). The van der Waals surface area contributed by atoms with Crippen LogP contribution < -0.4 is 10.6 Å². The van der Waals surface area contributed by atoms with Crippen molar-refractivity contribution in [3.05, 3.63) is 0 Å². The lowest BCUT2D eigenvalue weighted by molar-refractivity contribution is -0.157. The number of nitrogens with zero attached hydrogens (tertiary/aromatic N) is 8. The maximum Gasteiger partial charge on any atom is 0.264 e. The minimum atomic E-state index is -3.75. The van der Waals surface area contributed by atoms with E-state index in [1.807, 2.05) is 41.5 Å². The van der Waals surface area contributed by atoms with Crippen molar-refractivity contribution < 1.29 is 79.9 Å². The van der Waals surface area contributed by atoms with Crippen LogP contribution in [0.3, 0.4) is 0 Å². The molecule has 576 valence electrons. The number of likely N-dealkylation sites (N-methyl/N-ethyl adjacent to an activating group) is 7. The third-order valence-corrected chi connectivity index (χ3v) is 20.4. The van der Waals surface area contributed by atoms with E-state index in [2.05, 4.69) is 15.5 Å². The van der Waals surface area contributed by atoms with Crippen LogP contribution in [0.4, 0.5) is 0 Å². The number of amides is 9. The van der Waals surface area contributed by atoms with E-state index in [1.54, 1.807) is 55.4 Å². The van der Waals surface area contributed by atoms with Crippen molar-refractivity contribution in [1.82, 2.24) is 49.8 Å².